The Balaban J connectivity index is 2.21. The molecule has 0 bridgehead atoms. The lowest BCUT2D eigenvalue weighted by molar-refractivity contribution is -0.114. The fraction of sp³-hybridized carbons (Fsp3) is 0.238. The van der Waals surface area contributed by atoms with Crippen LogP contribution in [0.4, 0.5) is 11.4 Å². The fourth-order valence-corrected chi connectivity index (χ4v) is 2.85. The van der Waals surface area contributed by atoms with E-state index in [1.807, 2.05) is 19.9 Å². The van der Waals surface area contributed by atoms with Crippen molar-refractivity contribution in [3.63, 3.8) is 0 Å². The Kier molecular flexibility index (Phi) is 7.46. The van der Waals surface area contributed by atoms with Crippen LogP contribution in [0, 0.1) is 6.92 Å². The summed E-state index contributed by atoms with van der Waals surface area (Å²) in [5.41, 5.74) is 2.70. The van der Waals surface area contributed by atoms with E-state index < -0.39 is 0 Å². The Labute approximate surface area is 169 Å². The van der Waals surface area contributed by atoms with Crippen LogP contribution >= 0.6 is 11.6 Å². The standard InChI is InChI=1S/C21H23ClN2O4/c1-5-28-19-12-15(11-16(22)21(19)27-4)7-9-20(26)24-18-10-13(2)6-8-17(18)23-14(3)25/h6-12H,5H2,1-4H3,(H,23,25)(H,24,26)/b9-7+. The summed E-state index contributed by atoms with van der Waals surface area (Å²) in [6.45, 7) is 5.63. The van der Waals surface area contributed by atoms with E-state index >= 15 is 0 Å². The molecule has 2 N–H and O–H groups in total. The predicted octanol–water partition coefficient (Wildman–Crippen LogP) is 4.67. The Hall–Kier alpha value is -2.99. The number of aryl methyl sites for hydroxylation is 1. The van der Waals surface area contributed by atoms with Crippen molar-refractivity contribution in [2.24, 2.45) is 0 Å². The highest BCUT2D eigenvalue weighted by molar-refractivity contribution is 6.32. The van der Waals surface area contributed by atoms with Gasteiger partial charge in [0.25, 0.3) is 0 Å². The summed E-state index contributed by atoms with van der Waals surface area (Å²) >= 11 is 6.22. The maximum atomic E-state index is 12.4. The molecule has 0 aliphatic carbocycles. The quantitative estimate of drug-likeness (QED) is 0.660. The molecule has 0 saturated carbocycles. The molecule has 2 aromatic carbocycles. The predicted molar refractivity (Wildman–Crippen MR) is 112 cm³/mol. The lowest BCUT2D eigenvalue weighted by Gasteiger charge is -2.12. The number of ether oxygens (including phenoxy) is 2. The minimum atomic E-state index is -0.345. The topological polar surface area (TPSA) is 76.7 Å². The fourth-order valence-electron chi connectivity index (χ4n) is 2.55. The van der Waals surface area contributed by atoms with Gasteiger partial charge in [0.1, 0.15) is 0 Å². The second kappa shape index (κ2) is 9.80. The number of hydrogen-bond donors (Lipinski definition) is 2. The summed E-state index contributed by atoms with van der Waals surface area (Å²) in [4.78, 5) is 23.7. The molecular weight excluding hydrogens is 380 g/mol. The van der Waals surface area contributed by atoms with Gasteiger partial charge in [-0.05, 0) is 55.3 Å². The highest BCUT2D eigenvalue weighted by Gasteiger charge is 2.11. The van der Waals surface area contributed by atoms with Gasteiger partial charge >= 0.3 is 0 Å². The second-order valence-electron chi connectivity index (χ2n) is 6.02. The zero-order chi connectivity index (χ0) is 20.7. The first-order valence-corrected chi connectivity index (χ1v) is 9.09. The van der Waals surface area contributed by atoms with Crippen molar-refractivity contribution >= 4 is 40.9 Å². The average Bonchev–Trinajstić information content (AvgIpc) is 2.62. The number of hydrogen-bond acceptors (Lipinski definition) is 4. The molecule has 0 saturated heterocycles. The van der Waals surface area contributed by atoms with Gasteiger partial charge in [-0.1, -0.05) is 17.7 Å². The van der Waals surface area contributed by atoms with Gasteiger partial charge in [0.05, 0.1) is 30.1 Å². The highest BCUT2D eigenvalue weighted by Crippen LogP contribution is 2.36. The van der Waals surface area contributed by atoms with Crippen LogP contribution in [0.5, 0.6) is 11.5 Å². The molecule has 2 amide bonds. The molecule has 0 spiro atoms. The smallest absolute Gasteiger partial charge is 0.248 e. The van der Waals surface area contributed by atoms with Crippen molar-refractivity contribution in [3.8, 4) is 11.5 Å². The van der Waals surface area contributed by atoms with E-state index in [1.54, 1.807) is 30.3 Å². The molecule has 0 aliphatic rings. The van der Waals surface area contributed by atoms with Crippen molar-refractivity contribution in [3.05, 3.63) is 52.6 Å². The number of benzene rings is 2. The number of carbonyl (C=O) groups is 2. The van der Waals surface area contributed by atoms with Crippen LogP contribution in [0.15, 0.2) is 36.4 Å². The normalized spacial score (nSPS) is 10.6. The summed E-state index contributed by atoms with van der Waals surface area (Å²) < 4.78 is 10.8. The first kappa shape index (κ1) is 21.3. The van der Waals surface area contributed by atoms with Crippen molar-refractivity contribution in [2.75, 3.05) is 24.4 Å². The zero-order valence-electron chi connectivity index (χ0n) is 16.3. The molecular formula is C21H23ClN2O4. The van der Waals surface area contributed by atoms with Crippen LogP contribution in [0.25, 0.3) is 6.08 Å². The van der Waals surface area contributed by atoms with E-state index in [9.17, 15) is 9.59 Å². The molecule has 0 heterocycles. The average molecular weight is 403 g/mol. The number of halogens is 1. The second-order valence-corrected chi connectivity index (χ2v) is 6.43. The molecule has 2 rings (SSSR count). The van der Waals surface area contributed by atoms with Gasteiger partial charge in [0.2, 0.25) is 11.8 Å². The van der Waals surface area contributed by atoms with Crippen LogP contribution in [0.2, 0.25) is 5.02 Å². The monoisotopic (exact) mass is 402 g/mol. The minimum Gasteiger partial charge on any atom is -0.491 e. The van der Waals surface area contributed by atoms with Crippen LogP contribution < -0.4 is 20.1 Å². The summed E-state index contributed by atoms with van der Waals surface area (Å²) in [6.07, 6.45) is 3.00. The number of rotatable bonds is 7. The van der Waals surface area contributed by atoms with Gasteiger partial charge in [-0.2, -0.15) is 0 Å². The zero-order valence-corrected chi connectivity index (χ0v) is 17.0. The van der Waals surface area contributed by atoms with Gasteiger partial charge in [-0.3, -0.25) is 9.59 Å². The lowest BCUT2D eigenvalue weighted by atomic mass is 10.1. The Bertz CT molecular complexity index is 910. The molecule has 0 aromatic heterocycles. The van der Waals surface area contributed by atoms with E-state index in [1.165, 1.54) is 20.1 Å². The molecule has 2 aromatic rings. The lowest BCUT2D eigenvalue weighted by Crippen LogP contribution is -2.13. The summed E-state index contributed by atoms with van der Waals surface area (Å²) in [5, 5.41) is 5.86. The molecule has 0 radical (unpaired) electrons. The van der Waals surface area contributed by atoms with E-state index in [-0.39, 0.29) is 11.8 Å². The van der Waals surface area contributed by atoms with Crippen molar-refractivity contribution in [2.45, 2.75) is 20.8 Å². The molecule has 0 aliphatic heterocycles. The number of amides is 2. The van der Waals surface area contributed by atoms with Gasteiger partial charge < -0.3 is 20.1 Å². The number of nitrogens with one attached hydrogen (secondary N) is 2. The van der Waals surface area contributed by atoms with Gasteiger partial charge in [0, 0.05) is 13.0 Å². The first-order chi connectivity index (χ1) is 13.3. The highest BCUT2D eigenvalue weighted by atomic mass is 35.5. The molecule has 6 nitrogen and oxygen atoms in total. The Morgan fingerprint density at radius 3 is 2.54 bits per heavy atom. The molecule has 7 heteroatoms. The maximum Gasteiger partial charge on any atom is 0.248 e. The number of methoxy groups -OCH3 is 1. The van der Waals surface area contributed by atoms with Crippen molar-refractivity contribution < 1.29 is 19.1 Å². The molecule has 0 unspecified atom stereocenters. The SMILES string of the molecule is CCOc1cc(/C=C/C(=O)Nc2cc(C)ccc2NC(C)=O)cc(Cl)c1OC. The van der Waals surface area contributed by atoms with E-state index in [0.717, 1.165) is 5.56 Å². The first-order valence-electron chi connectivity index (χ1n) is 8.71. The maximum absolute atomic E-state index is 12.4. The largest absolute Gasteiger partial charge is 0.491 e. The number of carbonyl (C=O) groups excluding carboxylic acids is 2. The Morgan fingerprint density at radius 2 is 1.89 bits per heavy atom. The molecule has 0 fully saturated rings. The molecule has 28 heavy (non-hydrogen) atoms. The minimum absolute atomic E-state index is 0.216. The van der Waals surface area contributed by atoms with E-state index in [2.05, 4.69) is 10.6 Å². The van der Waals surface area contributed by atoms with Crippen molar-refractivity contribution in [1.29, 1.82) is 0 Å². The molecule has 148 valence electrons. The van der Waals surface area contributed by atoms with Crippen LogP contribution in [-0.4, -0.2) is 25.5 Å². The molecule has 0 atom stereocenters. The third-order valence-electron chi connectivity index (χ3n) is 3.71. The van der Waals surface area contributed by atoms with Gasteiger partial charge in [-0.15, -0.1) is 0 Å². The third kappa shape index (κ3) is 5.76. The van der Waals surface area contributed by atoms with Crippen LogP contribution in [-0.2, 0) is 9.59 Å². The third-order valence-corrected chi connectivity index (χ3v) is 3.99. The van der Waals surface area contributed by atoms with Crippen LogP contribution in [0.3, 0.4) is 0 Å². The summed E-state index contributed by atoms with van der Waals surface area (Å²) in [7, 11) is 1.52. The number of anilines is 2. The van der Waals surface area contributed by atoms with E-state index in [0.29, 0.717) is 40.1 Å². The summed E-state index contributed by atoms with van der Waals surface area (Å²) in [6, 6.07) is 8.81. The Morgan fingerprint density at radius 1 is 1.14 bits per heavy atom. The van der Waals surface area contributed by atoms with Gasteiger partial charge in [-0.25, -0.2) is 0 Å². The van der Waals surface area contributed by atoms with E-state index in [4.69, 9.17) is 21.1 Å². The van der Waals surface area contributed by atoms with Crippen LogP contribution in [0.1, 0.15) is 25.0 Å². The van der Waals surface area contributed by atoms with Crippen molar-refractivity contribution in [1.82, 2.24) is 0 Å². The van der Waals surface area contributed by atoms with Gasteiger partial charge in [0.15, 0.2) is 11.5 Å². The summed E-state index contributed by atoms with van der Waals surface area (Å²) in [5.74, 6) is 0.391.